The lowest BCUT2D eigenvalue weighted by molar-refractivity contribution is 0.496. The smallest absolute Gasteiger partial charge is 0.297 e. The van der Waals surface area contributed by atoms with E-state index in [0.717, 1.165) is 0 Å². The molecule has 0 aliphatic rings. The second kappa shape index (κ2) is 5.26. The first-order valence-corrected chi connectivity index (χ1v) is 7.02. The van der Waals surface area contributed by atoms with Crippen LogP contribution < -0.4 is 5.73 Å². The number of hydrogen-bond acceptors (Lipinski definition) is 3. The quantitative estimate of drug-likeness (QED) is 0.665. The molecule has 5 heteroatoms. The van der Waals surface area contributed by atoms with Crippen LogP contribution >= 0.6 is 0 Å². The van der Waals surface area contributed by atoms with Crippen molar-refractivity contribution >= 4 is 20.7 Å². The predicted molar refractivity (Wildman–Crippen MR) is 75.4 cm³/mol. The summed E-state index contributed by atoms with van der Waals surface area (Å²) in [6.07, 6.45) is 0. The Hall–Kier alpha value is -2.11. The van der Waals surface area contributed by atoms with E-state index in [1.807, 2.05) is 0 Å². The third-order valence-corrected chi connectivity index (χ3v) is 3.59. The Bertz CT molecular complexity index is 692. The molecule has 0 heterocycles. The molecule has 0 fully saturated rings. The zero-order valence-corrected chi connectivity index (χ0v) is 10.8. The van der Waals surface area contributed by atoms with E-state index in [4.69, 9.17) is 5.73 Å². The molecule has 4 nitrogen and oxygen atoms in total. The van der Waals surface area contributed by atoms with Gasteiger partial charge in [0.1, 0.15) is 4.91 Å². The molecule has 0 aliphatic heterocycles. The van der Waals surface area contributed by atoms with Crippen LogP contribution in [0, 0.1) is 0 Å². The van der Waals surface area contributed by atoms with E-state index in [1.165, 1.54) is 0 Å². The van der Waals surface area contributed by atoms with Gasteiger partial charge in [-0.05, 0) is 11.1 Å². The van der Waals surface area contributed by atoms with Gasteiger partial charge >= 0.3 is 0 Å². The maximum absolute atomic E-state index is 11.6. The summed E-state index contributed by atoms with van der Waals surface area (Å²) >= 11 is 0. The monoisotopic (exact) mass is 275 g/mol. The van der Waals surface area contributed by atoms with Gasteiger partial charge in [-0.3, -0.25) is 4.55 Å². The fourth-order valence-electron chi connectivity index (χ4n) is 1.78. The summed E-state index contributed by atoms with van der Waals surface area (Å²) in [6, 6.07) is 16.9. The molecule has 2 aromatic carbocycles. The molecule has 2 rings (SSSR count). The van der Waals surface area contributed by atoms with Crippen molar-refractivity contribution in [1.82, 2.24) is 0 Å². The highest BCUT2D eigenvalue weighted by Crippen LogP contribution is 2.26. The van der Waals surface area contributed by atoms with Crippen molar-refractivity contribution in [3.8, 4) is 0 Å². The maximum atomic E-state index is 11.6. The van der Waals surface area contributed by atoms with E-state index < -0.39 is 10.1 Å². The summed E-state index contributed by atoms with van der Waals surface area (Å²) < 4.78 is 32.5. The van der Waals surface area contributed by atoms with Gasteiger partial charge in [-0.25, -0.2) is 0 Å². The molecule has 0 amide bonds. The largest absolute Gasteiger partial charge is 0.397 e. The first-order valence-electron chi connectivity index (χ1n) is 5.58. The summed E-state index contributed by atoms with van der Waals surface area (Å²) in [5.74, 6) is 0. The van der Waals surface area contributed by atoms with Crippen LogP contribution in [0.15, 0.2) is 60.7 Å². The van der Waals surface area contributed by atoms with Gasteiger partial charge in [0.05, 0.1) is 5.70 Å². The van der Waals surface area contributed by atoms with Crippen molar-refractivity contribution in [2.45, 2.75) is 0 Å². The van der Waals surface area contributed by atoms with Crippen LogP contribution in [-0.4, -0.2) is 13.0 Å². The number of hydrogen-bond donors (Lipinski definition) is 2. The lowest BCUT2D eigenvalue weighted by Gasteiger charge is -2.10. The number of benzene rings is 2. The van der Waals surface area contributed by atoms with E-state index in [2.05, 4.69) is 0 Å². The van der Waals surface area contributed by atoms with Crippen LogP contribution in [-0.2, 0) is 10.1 Å². The Balaban J connectivity index is 2.70. The molecule has 3 N–H and O–H groups in total. The molecule has 98 valence electrons. The summed E-state index contributed by atoms with van der Waals surface area (Å²) in [6.45, 7) is 0. The SMILES string of the molecule is NC(=C(c1ccccc1)S(=O)(=O)O)c1ccccc1. The molecule has 0 atom stereocenters. The molecule has 0 aliphatic carbocycles. The van der Waals surface area contributed by atoms with Crippen LogP contribution in [0.2, 0.25) is 0 Å². The zero-order valence-electron chi connectivity index (χ0n) is 10.0. The summed E-state index contributed by atoms with van der Waals surface area (Å²) in [4.78, 5) is -0.278. The highest BCUT2D eigenvalue weighted by molar-refractivity contribution is 7.95. The average molecular weight is 275 g/mol. The second-order valence-electron chi connectivity index (χ2n) is 3.95. The minimum Gasteiger partial charge on any atom is -0.397 e. The minimum atomic E-state index is -4.41. The Morgan fingerprint density at radius 2 is 1.26 bits per heavy atom. The van der Waals surface area contributed by atoms with E-state index in [1.54, 1.807) is 60.7 Å². The Kier molecular flexibility index (Phi) is 3.69. The van der Waals surface area contributed by atoms with Crippen molar-refractivity contribution < 1.29 is 13.0 Å². The van der Waals surface area contributed by atoms with Gasteiger partial charge in [0.2, 0.25) is 0 Å². The van der Waals surface area contributed by atoms with Crippen molar-refractivity contribution in [2.75, 3.05) is 0 Å². The van der Waals surface area contributed by atoms with Crippen molar-refractivity contribution in [2.24, 2.45) is 5.73 Å². The molecule has 0 saturated heterocycles. The Morgan fingerprint density at radius 3 is 1.68 bits per heavy atom. The lowest BCUT2D eigenvalue weighted by atomic mass is 10.1. The molecule has 0 spiro atoms. The third kappa shape index (κ3) is 3.01. The molecule has 0 saturated carbocycles. The molecule has 0 radical (unpaired) electrons. The van der Waals surface area contributed by atoms with Gasteiger partial charge in [-0.1, -0.05) is 60.7 Å². The van der Waals surface area contributed by atoms with Crippen LogP contribution in [0.3, 0.4) is 0 Å². The normalized spacial score (nSPS) is 12.9. The molecular weight excluding hydrogens is 262 g/mol. The molecule has 2 aromatic rings. The first kappa shape index (κ1) is 13.3. The van der Waals surface area contributed by atoms with E-state index in [-0.39, 0.29) is 10.6 Å². The van der Waals surface area contributed by atoms with Gasteiger partial charge in [-0.2, -0.15) is 8.42 Å². The van der Waals surface area contributed by atoms with Gasteiger partial charge in [0.25, 0.3) is 10.1 Å². The average Bonchev–Trinajstić information content (AvgIpc) is 2.39. The summed E-state index contributed by atoms with van der Waals surface area (Å²) in [7, 11) is -4.41. The van der Waals surface area contributed by atoms with Crippen molar-refractivity contribution in [3.05, 3.63) is 71.8 Å². The van der Waals surface area contributed by atoms with Crippen LogP contribution in [0.25, 0.3) is 10.6 Å². The predicted octanol–water partition coefficient (Wildman–Crippen LogP) is 2.36. The summed E-state index contributed by atoms with van der Waals surface area (Å²) in [5, 5.41) is 0. The van der Waals surface area contributed by atoms with Gasteiger partial charge < -0.3 is 5.73 Å². The fraction of sp³-hybridized carbons (Fsp3) is 0. The first-order chi connectivity index (χ1) is 9.00. The molecule has 0 bridgehead atoms. The lowest BCUT2D eigenvalue weighted by Crippen LogP contribution is -2.09. The minimum absolute atomic E-state index is 0.0225. The van der Waals surface area contributed by atoms with E-state index in [9.17, 15) is 13.0 Å². The molecular formula is C14H13NO3S. The van der Waals surface area contributed by atoms with Crippen molar-refractivity contribution in [1.29, 1.82) is 0 Å². The number of nitrogens with two attached hydrogens (primary N) is 1. The standard InChI is InChI=1S/C14H13NO3S/c15-13(11-7-3-1-4-8-11)14(19(16,17)18)12-9-5-2-6-10-12/h1-10H,15H2,(H,16,17,18). The van der Waals surface area contributed by atoms with Gasteiger partial charge in [-0.15, -0.1) is 0 Å². The highest BCUT2D eigenvalue weighted by atomic mass is 32.2. The van der Waals surface area contributed by atoms with Crippen LogP contribution in [0.5, 0.6) is 0 Å². The van der Waals surface area contributed by atoms with E-state index in [0.29, 0.717) is 11.1 Å². The van der Waals surface area contributed by atoms with Gasteiger partial charge in [0, 0.05) is 0 Å². The molecule has 0 aromatic heterocycles. The third-order valence-electron chi connectivity index (χ3n) is 2.62. The number of rotatable bonds is 3. The van der Waals surface area contributed by atoms with Gasteiger partial charge in [0.15, 0.2) is 0 Å². The van der Waals surface area contributed by atoms with Crippen LogP contribution in [0.4, 0.5) is 0 Å². The zero-order chi connectivity index (χ0) is 13.9. The molecule has 0 unspecified atom stereocenters. The second-order valence-corrected chi connectivity index (χ2v) is 5.31. The van der Waals surface area contributed by atoms with Crippen LogP contribution in [0.1, 0.15) is 11.1 Å². The van der Waals surface area contributed by atoms with Crippen molar-refractivity contribution in [3.63, 3.8) is 0 Å². The fourth-order valence-corrected chi connectivity index (χ4v) is 2.61. The molecule has 19 heavy (non-hydrogen) atoms. The highest BCUT2D eigenvalue weighted by Gasteiger charge is 2.20. The maximum Gasteiger partial charge on any atom is 0.297 e. The summed E-state index contributed by atoms with van der Waals surface area (Å²) in [5.41, 5.74) is 6.81. The topological polar surface area (TPSA) is 80.4 Å². The Morgan fingerprint density at radius 1 is 0.842 bits per heavy atom. The van der Waals surface area contributed by atoms with E-state index >= 15 is 0 Å². The Labute approximate surface area is 111 Å².